The first-order chi connectivity index (χ1) is 5.56. The number of carbonyl (C=O) groups is 1. The standard InChI is InChI=1S/C11H20O/c1-4-5-6-10(12)7-9-8-11(9,2)3/h9H,4-8H2,1-3H3. The molecule has 0 bridgehead atoms. The van der Waals surface area contributed by atoms with E-state index in [4.69, 9.17) is 0 Å². The molecule has 70 valence electrons. The van der Waals surface area contributed by atoms with E-state index in [1.54, 1.807) is 0 Å². The largest absolute Gasteiger partial charge is 0.300 e. The van der Waals surface area contributed by atoms with Crippen molar-refractivity contribution >= 4 is 5.78 Å². The second-order valence-electron chi connectivity index (χ2n) is 4.74. The molecule has 0 aromatic rings. The molecule has 0 spiro atoms. The Bertz CT molecular complexity index is 170. The number of carbonyl (C=O) groups excluding carboxylic acids is 1. The quantitative estimate of drug-likeness (QED) is 0.616. The average molecular weight is 168 g/mol. The zero-order chi connectivity index (χ0) is 9.19. The van der Waals surface area contributed by atoms with Crippen LogP contribution >= 0.6 is 0 Å². The Balaban J connectivity index is 2.12. The molecule has 0 saturated heterocycles. The highest BCUT2D eigenvalue weighted by Gasteiger charge is 2.45. The van der Waals surface area contributed by atoms with Crippen LogP contribution in [0.15, 0.2) is 0 Å². The molecule has 1 saturated carbocycles. The second-order valence-corrected chi connectivity index (χ2v) is 4.74. The van der Waals surface area contributed by atoms with E-state index in [1.165, 1.54) is 6.42 Å². The van der Waals surface area contributed by atoms with Crippen molar-refractivity contribution in [2.24, 2.45) is 11.3 Å². The van der Waals surface area contributed by atoms with Crippen LogP contribution in [-0.4, -0.2) is 5.78 Å². The molecule has 0 aromatic heterocycles. The average Bonchev–Trinajstić information content (AvgIpc) is 2.54. The molecule has 0 amide bonds. The lowest BCUT2D eigenvalue weighted by Gasteiger charge is -2.01. The fourth-order valence-corrected chi connectivity index (χ4v) is 1.68. The molecule has 0 N–H and O–H groups in total. The van der Waals surface area contributed by atoms with Gasteiger partial charge in [0.1, 0.15) is 5.78 Å². The number of rotatable bonds is 5. The molecule has 0 heterocycles. The van der Waals surface area contributed by atoms with Crippen LogP contribution < -0.4 is 0 Å². The highest BCUT2D eigenvalue weighted by Crippen LogP contribution is 2.53. The molecule has 1 aliphatic rings. The molecule has 1 atom stereocenters. The van der Waals surface area contributed by atoms with Crippen molar-refractivity contribution in [1.82, 2.24) is 0 Å². The van der Waals surface area contributed by atoms with E-state index in [0.29, 0.717) is 17.1 Å². The maximum absolute atomic E-state index is 11.3. The number of ketones is 1. The Hall–Kier alpha value is -0.330. The summed E-state index contributed by atoms with van der Waals surface area (Å²) in [5.41, 5.74) is 0.474. The lowest BCUT2D eigenvalue weighted by Crippen LogP contribution is -2.01. The molecule has 1 rings (SSSR count). The van der Waals surface area contributed by atoms with Crippen LogP contribution in [0.25, 0.3) is 0 Å². The Morgan fingerprint density at radius 2 is 2.08 bits per heavy atom. The van der Waals surface area contributed by atoms with Gasteiger partial charge in [-0.15, -0.1) is 0 Å². The molecule has 1 unspecified atom stereocenters. The summed E-state index contributed by atoms with van der Waals surface area (Å²) in [6.07, 6.45) is 5.12. The summed E-state index contributed by atoms with van der Waals surface area (Å²) in [5, 5.41) is 0. The fourth-order valence-electron chi connectivity index (χ4n) is 1.68. The summed E-state index contributed by atoms with van der Waals surface area (Å²) in [7, 11) is 0. The summed E-state index contributed by atoms with van der Waals surface area (Å²) < 4.78 is 0. The van der Waals surface area contributed by atoms with Gasteiger partial charge in [0, 0.05) is 12.8 Å². The van der Waals surface area contributed by atoms with Crippen molar-refractivity contribution in [3.8, 4) is 0 Å². The van der Waals surface area contributed by atoms with Crippen LogP contribution in [0.1, 0.15) is 52.9 Å². The third kappa shape index (κ3) is 2.62. The van der Waals surface area contributed by atoms with Gasteiger partial charge in [-0.3, -0.25) is 4.79 Å². The first-order valence-corrected chi connectivity index (χ1v) is 5.08. The SMILES string of the molecule is CCCCC(=O)CC1CC1(C)C. The van der Waals surface area contributed by atoms with Crippen molar-refractivity contribution in [1.29, 1.82) is 0 Å². The topological polar surface area (TPSA) is 17.1 Å². The first kappa shape index (κ1) is 9.76. The van der Waals surface area contributed by atoms with Crippen LogP contribution in [0.5, 0.6) is 0 Å². The summed E-state index contributed by atoms with van der Waals surface area (Å²) in [6.45, 7) is 6.64. The maximum Gasteiger partial charge on any atom is 0.133 e. The number of Topliss-reactive ketones (excluding diaryl/α,β-unsaturated/α-hetero) is 1. The van der Waals surface area contributed by atoms with Crippen molar-refractivity contribution < 1.29 is 4.79 Å². The maximum atomic E-state index is 11.3. The van der Waals surface area contributed by atoms with Gasteiger partial charge in [-0.2, -0.15) is 0 Å². The molecule has 1 nitrogen and oxygen atoms in total. The zero-order valence-corrected chi connectivity index (χ0v) is 8.52. The predicted octanol–water partition coefficient (Wildman–Crippen LogP) is 3.18. The summed E-state index contributed by atoms with van der Waals surface area (Å²) in [4.78, 5) is 11.3. The molecule has 12 heavy (non-hydrogen) atoms. The van der Waals surface area contributed by atoms with Crippen molar-refractivity contribution in [2.45, 2.75) is 52.9 Å². The van der Waals surface area contributed by atoms with Gasteiger partial charge >= 0.3 is 0 Å². The van der Waals surface area contributed by atoms with Crippen LogP contribution in [0.4, 0.5) is 0 Å². The lowest BCUT2D eigenvalue weighted by molar-refractivity contribution is -0.119. The van der Waals surface area contributed by atoms with Gasteiger partial charge in [0.2, 0.25) is 0 Å². The first-order valence-electron chi connectivity index (χ1n) is 5.08. The zero-order valence-electron chi connectivity index (χ0n) is 8.52. The third-order valence-corrected chi connectivity index (χ3v) is 3.00. The Morgan fingerprint density at radius 1 is 1.50 bits per heavy atom. The smallest absolute Gasteiger partial charge is 0.133 e. The minimum atomic E-state index is 0.474. The molecule has 0 aromatic carbocycles. The van der Waals surface area contributed by atoms with Crippen molar-refractivity contribution in [2.75, 3.05) is 0 Å². The van der Waals surface area contributed by atoms with E-state index >= 15 is 0 Å². The van der Waals surface area contributed by atoms with Gasteiger partial charge in [0.25, 0.3) is 0 Å². The number of hydrogen-bond donors (Lipinski definition) is 0. The number of unbranched alkanes of at least 4 members (excludes halogenated alkanes) is 1. The van der Waals surface area contributed by atoms with Crippen molar-refractivity contribution in [3.63, 3.8) is 0 Å². The Labute approximate surface area is 75.5 Å². The van der Waals surface area contributed by atoms with Gasteiger partial charge in [-0.1, -0.05) is 27.2 Å². The van der Waals surface area contributed by atoms with E-state index in [9.17, 15) is 4.79 Å². The van der Waals surface area contributed by atoms with Crippen LogP contribution in [0.3, 0.4) is 0 Å². The molecule has 1 fully saturated rings. The van der Waals surface area contributed by atoms with Gasteiger partial charge in [-0.05, 0) is 24.2 Å². The van der Waals surface area contributed by atoms with Crippen LogP contribution in [0, 0.1) is 11.3 Å². The molecular weight excluding hydrogens is 148 g/mol. The summed E-state index contributed by atoms with van der Waals surface area (Å²) >= 11 is 0. The second kappa shape index (κ2) is 3.59. The Kier molecular flexibility index (Phi) is 2.92. The van der Waals surface area contributed by atoms with Crippen molar-refractivity contribution in [3.05, 3.63) is 0 Å². The molecule has 1 heteroatoms. The summed E-state index contributed by atoms with van der Waals surface area (Å²) in [6, 6.07) is 0. The van der Waals surface area contributed by atoms with Gasteiger partial charge < -0.3 is 0 Å². The number of hydrogen-bond acceptors (Lipinski definition) is 1. The molecule has 1 aliphatic carbocycles. The minimum Gasteiger partial charge on any atom is -0.300 e. The predicted molar refractivity (Wildman–Crippen MR) is 51.0 cm³/mol. The lowest BCUT2D eigenvalue weighted by atomic mass is 10.0. The fraction of sp³-hybridized carbons (Fsp3) is 0.909. The van der Waals surface area contributed by atoms with E-state index in [-0.39, 0.29) is 0 Å². The molecular formula is C11H20O. The normalized spacial score (nSPS) is 25.4. The van der Waals surface area contributed by atoms with Crippen LogP contribution in [-0.2, 0) is 4.79 Å². The van der Waals surface area contributed by atoms with E-state index in [2.05, 4.69) is 20.8 Å². The van der Waals surface area contributed by atoms with E-state index < -0.39 is 0 Å². The highest BCUT2D eigenvalue weighted by molar-refractivity contribution is 5.79. The summed E-state index contributed by atoms with van der Waals surface area (Å²) in [5.74, 6) is 1.18. The Morgan fingerprint density at radius 3 is 2.50 bits per heavy atom. The van der Waals surface area contributed by atoms with Gasteiger partial charge in [-0.25, -0.2) is 0 Å². The van der Waals surface area contributed by atoms with Gasteiger partial charge in [0.05, 0.1) is 0 Å². The third-order valence-electron chi connectivity index (χ3n) is 3.00. The van der Waals surface area contributed by atoms with Crippen LogP contribution in [0.2, 0.25) is 0 Å². The minimum absolute atomic E-state index is 0.474. The van der Waals surface area contributed by atoms with Gasteiger partial charge in [0.15, 0.2) is 0 Å². The van der Waals surface area contributed by atoms with E-state index in [0.717, 1.165) is 25.7 Å². The monoisotopic (exact) mass is 168 g/mol. The molecule has 0 radical (unpaired) electrons. The highest BCUT2D eigenvalue weighted by atomic mass is 16.1. The van der Waals surface area contributed by atoms with E-state index in [1.807, 2.05) is 0 Å². The molecule has 0 aliphatic heterocycles.